The van der Waals surface area contributed by atoms with Gasteiger partial charge in [-0.15, -0.1) is 0 Å². The second-order valence-corrected chi connectivity index (χ2v) is 6.62. The number of hydrogen-bond donors (Lipinski definition) is 2. The highest BCUT2D eigenvalue weighted by atomic mass is 16.5. The summed E-state index contributed by atoms with van der Waals surface area (Å²) in [5.41, 5.74) is 0. The molecule has 1 saturated heterocycles. The second kappa shape index (κ2) is 7.55. The van der Waals surface area contributed by atoms with Crippen LogP contribution in [-0.4, -0.2) is 54.0 Å². The number of ether oxygens (including phenoxy) is 1. The molecule has 1 aromatic carbocycles. The Morgan fingerprint density at radius 3 is 2.52 bits per heavy atom. The lowest BCUT2D eigenvalue weighted by Gasteiger charge is -2.16. The molecule has 7 heteroatoms. The lowest BCUT2D eigenvalue weighted by molar-refractivity contribution is -0.143. The van der Waals surface area contributed by atoms with Crippen molar-refractivity contribution in [1.82, 2.24) is 10.2 Å². The monoisotopic (exact) mass is 346 g/mol. The Hall–Kier alpha value is -2.57. The Morgan fingerprint density at radius 2 is 1.88 bits per heavy atom. The molecule has 2 amide bonds. The molecule has 2 aliphatic rings. The molecular weight excluding hydrogens is 324 g/mol. The third-order valence-corrected chi connectivity index (χ3v) is 4.81. The Kier molecular flexibility index (Phi) is 5.21. The fourth-order valence-corrected chi connectivity index (χ4v) is 3.30. The maximum atomic E-state index is 12.3. The number of para-hydroxylation sites is 1. The summed E-state index contributed by atoms with van der Waals surface area (Å²) in [7, 11) is 0. The van der Waals surface area contributed by atoms with Crippen molar-refractivity contribution in [2.24, 2.45) is 17.8 Å². The van der Waals surface area contributed by atoms with Crippen molar-refractivity contribution in [3.8, 4) is 5.75 Å². The number of carboxylic acid groups (broad SMARTS) is 1. The van der Waals surface area contributed by atoms with Gasteiger partial charge in [0.25, 0.3) is 5.91 Å². The highest BCUT2D eigenvalue weighted by Gasteiger charge is 2.46. The number of amides is 2. The molecule has 1 heterocycles. The van der Waals surface area contributed by atoms with Gasteiger partial charge in [0.05, 0.1) is 12.5 Å². The number of likely N-dealkylation sites (tertiary alicyclic amines) is 1. The maximum Gasteiger partial charge on any atom is 0.308 e. The highest BCUT2D eigenvalue weighted by Crippen LogP contribution is 2.44. The van der Waals surface area contributed by atoms with Gasteiger partial charge in [0.2, 0.25) is 5.91 Å². The van der Waals surface area contributed by atoms with Crippen LogP contribution in [0.15, 0.2) is 30.3 Å². The van der Waals surface area contributed by atoms with Gasteiger partial charge >= 0.3 is 5.97 Å². The number of carbonyl (C=O) groups excluding carboxylic acids is 2. The first kappa shape index (κ1) is 17.3. The number of hydrogen-bond acceptors (Lipinski definition) is 4. The number of carboxylic acids is 1. The van der Waals surface area contributed by atoms with Crippen LogP contribution >= 0.6 is 0 Å². The van der Waals surface area contributed by atoms with E-state index in [4.69, 9.17) is 4.74 Å². The van der Waals surface area contributed by atoms with Crippen LogP contribution < -0.4 is 10.1 Å². The molecule has 0 spiro atoms. The molecular formula is C18H22N2O5. The van der Waals surface area contributed by atoms with E-state index in [0.717, 1.165) is 12.8 Å². The largest absolute Gasteiger partial charge is 0.484 e. The fourth-order valence-electron chi connectivity index (χ4n) is 3.30. The Balaban J connectivity index is 1.43. The van der Waals surface area contributed by atoms with E-state index in [2.05, 4.69) is 5.32 Å². The standard InChI is InChI=1S/C18H22N2O5/c21-16(11-25-13-4-2-1-3-5-13)19-8-17(22)20-9-14(12-6-7-12)15(10-20)18(23)24/h1-5,12,14-15H,6-11H2,(H,19,21)(H,23,24)/t14-,15+/m1/s1. The van der Waals surface area contributed by atoms with E-state index in [1.165, 1.54) is 0 Å². The molecule has 134 valence electrons. The summed E-state index contributed by atoms with van der Waals surface area (Å²) in [6.07, 6.45) is 2.09. The van der Waals surface area contributed by atoms with Crippen LogP contribution in [0, 0.1) is 17.8 Å². The van der Waals surface area contributed by atoms with Crippen LogP contribution in [0.4, 0.5) is 0 Å². The third kappa shape index (κ3) is 4.49. The zero-order valence-electron chi connectivity index (χ0n) is 13.9. The van der Waals surface area contributed by atoms with Crippen molar-refractivity contribution in [3.63, 3.8) is 0 Å². The van der Waals surface area contributed by atoms with Gasteiger partial charge in [-0.05, 0) is 36.8 Å². The third-order valence-electron chi connectivity index (χ3n) is 4.81. The zero-order valence-corrected chi connectivity index (χ0v) is 13.9. The maximum absolute atomic E-state index is 12.3. The van der Waals surface area contributed by atoms with E-state index in [1.807, 2.05) is 6.07 Å². The molecule has 7 nitrogen and oxygen atoms in total. The quantitative estimate of drug-likeness (QED) is 0.760. The van der Waals surface area contributed by atoms with Crippen molar-refractivity contribution >= 4 is 17.8 Å². The number of benzene rings is 1. The fraction of sp³-hybridized carbons (Fsp3) is 0.500. The molecule has 25 heavy (non-hydrogen) atoms. The smallest absolute Gasteiger partial charge is 0.308 e. The highest BCUT2D eigenvalue weighted by molar-refractivity contribution is 5.86. The van der Waals surface area contributed by atoms with Crippen LogP contribution in [0.2, 0.25) is 0 Å². The Morgan fingerprint density at radius 1 is 1.16 bits per heavy atom. The summed E-state index contributed by atoms with van der Waals surface area (Å²) in [6, 6.07) is 8.94. The number of carbonyl (C=O) groups is 3. The topological polar surface area (TPSA) is 95.9 Å². The average Bonchev–Trinajstić information content (AvgIpc) is 3.36. The van der Waals surface area contributed by atoms with E-state index in [9.17, 15) is 19.5 Å². The molecule has 2 fully saturated rings. The van der Waals surface area contributed by atoms with Gasteiger partial charge in [-0.2, -0.15) is 0 Å². The number of aliphatic carboxylic acids is 1. The summed E-state index contributed by atoms with van der Waals surface area (Å²) in [6.45, 7) is 0.392. The van der Waals surface area contributed by atoms with Gasteiger partial charge < -0.3 is 20.1 Å². The molecule has 0 unspecified atom stereocenters. The van der Waals surface area contributed by atoms with Crippen molar-refractivity contribution in [2.45, 2.75) is 12.8 Å². The molecule has 0 radical (unpaired) electrons. The predicted molar refractivity (Wildman–Crippen MR) is 88.9 cm³/mol. The average molecular weight is 346 g/mol. The molecule has 1 aromatic rings. The minimum absolute atomic E-state index is 0.0403. The molecule has 1 aliphatic heterocycles. The van der Waals surface area contributed by atoms with Gasteiger partial charge in [-0.3, -0.25) is 14.4 Å². The van der Waals surface area contributed by atoms with Crippen molar-refractivity contribution in [1.29, 1.82) is 0 Å². The van der Waals surface area contributed by atoms with E-state index in [-0.39, 0.29) is 37.4 Å². The Bertz CT molecular complexity index is 644. The van der Waals surface area contributed by atoms with E-state index >= 15 is 0 Å². The number of nitrogens with zero attached hydrogens (tertiary/aromatic N) is 1. The predicted octanol–water partition coefficient (Wildman–Crippen LogP) is 0.751. The summed E-state index contributed by atoms with van der Waals surface area (Å²) in [4.78, 5) is 37.0. The summed E-state index contributed by atoms with van der Waals surface area (Å²) in [5, 5.41) is 11.9. The minimum Gasteiger partial charge on any atom is -0.484 e. The molecule has 2 N–H and O–H groups in total. The van der Waals surface area contributed by atoms with Crippen LogP contribution in [0.25, 0.3) is 0 Å². The summed E-state index contributed by atoms with van der Waals surface area (Å²) in [5.74, 6) is -0.917. The Labute approximate surface area is 146 Å². The molecule has 3 rings (SSSR count). The van der Waals surface area contributed by atoms with Gasteiger partial charge in [0, 0.05) is 13.1 Å². The van der Waals surface area contributed by atoms with Crippen LogP contribution in [0.1, 0.15) is 12.8 Å². The second-order valence-electron chi connectivity index (χ2n) is 6.62. The number of rotatable bonds is 7. The molecule has 0 aromatic heterocycles. The van der Waals surface area contributed by atoms with E-state index in [1.54, 1.807) is 29.2 Å². The van der Waals surface area contributed by atoms with E-state index in [0.29, 0.717) is 18.2 Å². The normalized spacial score (nSPS) is 22.5. The van der Waals surface area contributed by atoms with Gasteiger partial charge in [-0.25, -0.2) is 0 Å². The number of nitrogens with one attached hydrogen (secondary N) is 1. The van der Waals surface area contributed by atoms with Crippen molar-refractivity contribution < 1.29 is 24.2 Å². The first-order valence-corrected chi connectivity index (χ1v) is 8.49. The van der Waals surface area contributed by atoms with Gasteiger partial charge in [-0.1, -0.05) is 18.2 Å². The summed E-state index contributed by atoms with van der Waals surface area (Å²) >= 11 is 0. The SMILES string of the molecule is O=C(COc1ccccc1)NCC(=O)N1C[C@H](C(=O)O)[C@@H](C2CC2)C1. The molecule has 2 atom stereocenters. The first-order chi connectivity index (χ1) is 12.0. The lowest BCUT2D eigenvalue weighted by Crippen LogP contribution is -2.41. The van der Waals surface area contributed by atoms with Crippen molar-refractivity contribution in [2.75, 3.05) is 26.2 Å². The van der Waals surface area contributed by atoms with Crippen LogP contribution in [0.5, 0.6) is 5.75 Å². The zero-order chi connectivity index (χ0) is 17.8. The first-order valence-electron chi connectivity index (χ1n) is 8.49. The molecule has 0 bridgehead atoms. The summed E-state index contributed by atoms with van der Waals surface area (Å²) < 4.78 is 5.32. The minimum atomic E-state index is -0.840. The van der Waals surface area contributed by atoms with Crippen LogP contribution in [0.3, 0.4) is 0 Å². The van der Waals surface area contributed by atoms with Gasteiger partial charge in [0.1, 0.15) is 5.75 Å². The van der Waals surface area contributed by atoms with Crippen molar-refractivity contribution in [3.05, 3.63) is 30.3 Å². The lowest BCUT2D eigenvalue weighted by atomic mass is 9.92. The van der Waals surface area contributed by atoms with Gasteiger partial charge in [0.15, 0.2) is 6.61 Å². The molecule has 1 aliphatic carbocycles. The van der Waals surface area contributed by atoms with E-state index < -0.39 is 11.9 Å². The molecule has 1 saturated carbocycles. The van der Waals surface area contributed by atoms with Crippen LogP contribution in [-0.2, 0) is 14.4 Å².